The number of hydrogen-bond acceptors (Lipinski definition) is 0. The van der Waals surface area contributed by atoms with Crippen molar-refractivity contribution in [3.8, 4) is 0 Å². The molecule has 2 aromatic rings. The second-order valence-corrected chi connectivity index (χ2v) is 21.5. The van der Waals surface area contributed by atoms with Crippen molar-refractivity contribution in [3.05, 3.63) is 61.2 Å². The number of hydrogen-bond donors (Lipinski definition) is 0. The number of rotatable bonds is 2. The van der Waals surface area contributed by atoms with Crippen molar-refractivity contribution in [2.45, 2.75) is 0 Å². The zero-order chi connectivity index (χ0) is 15.6. The Labute approximate surface area is 208 Å². The van der Waals surface area contributed by atoms with E-state index in [4.69, 9.17) is 0 Å². The fraction of sp³-hybridized carbons (Fsp3) is 0. The Morgan fingerprint density at radius 2 is 0.800 bits per heavy atom. The summed E-state index contributed by atoms with van der Waals surface area (Å²) in [7, 11) is 0. The third-order valence-corrected chi connectivity index (χ3v) is 3.82. The average Bonchev–Trinajstić information content (AvgIpc) is 2.54. The number of halogens is 8. The van der Waals surface area contributed by atoms with Crippen LogP contribution in [0.3, 0.4) is 0 Å². The summed E-state index contributed by atoms with van der Waals surface area (Å²) in [6.07, 6.45) is 8.42. The molecule has 0 atom stereocenters. The van der Waals surface area contributed by atoms with Crippen LogP contribution in [0.25, 0.3) is 0 Å². The molecule has 2 heterocycles. The molecule has 0 bridgehead atoms. The molecule has 0 amide bonds. The van der Waals surface area contributed by atoms with E-state index in [1.54, 1.807) is 0 Å². The second kappa shape index (κ2) is 23.1. The first-order valence-electron chi connectivity index (χ1n) is 4.61. The fourth-order valence-electron chi connectivity index (χ4n) is 0.957. The van der Waals surface area contributed by atoms with Gasteiger partial charge in [0.1, 0.15) is 0 Å². The second-order valence-electron chi connectivity index (χ2n) is 2.57. The van der Waals surface area contributed by atoms with Crippen LogP contribution in [-0.4, -0.2) is 0 Å². The minimum atomic E-state index is -0.138. The maximum absolute atomic E-state index is 2.39. The van der Waals surface area contributed by atoms with E-state index in [2.05, 4.69) is 166 Å². The van der Waals surface area contributed by atoms with Crippen LogP contribution in [0.2, 0.25) is 0 Å². The molecule has 0 aliphatic rings. The van der Waals surface area contributed by atoms with Crippen LogP contribution in [0.15, 0.2) is 61.2 Å². The average molecular weight is 1170 g/mol. The summed E-state index contributed by atoms with van der Waals surface area (Å²) >= 11 is 13.6. The Morgan fingerprint density at radius 1 is 0.550 bits per heavy atom. The third kappa shape index (κ3) is 17.0. The molecule has 2 rings (SSSR count). The van der Waals surface area contributed by atoms with E-state index in [0.29, 0.717) is 13.3 Å². The molecule has 0 spiro atoms. The standard InChI is InChI=1S/C10H10IN2.I3.2I2/c1-3-7-12(8-4-1)11-13-9-5-2-6-10-13;1-3-2;2*1-2/h1-10H;;;/q+1;-1;;. The molecule has 0 aliphatic carbocycles. The molecule has 0 aromatic carbocycles. The summed E-state index contributed by atoms with van der Waals surface area (Å²) in [6.45, 7) is 0. The molecule has 116 valence electrons. The first-order valence-corrected chi connectivity index (χ1v) is 31.7. The van der Waals surface area contributed by atoms with Gasteiger partial charge in [0.2, 0.25) is 0 Å². The fourth-order valence-corrected chi connectivity index (χ4v) is 2.85. The van der Waals surface area contributed by atoms with Crippen molar-refractivity contribution >= 4 is 112 Å². The Balaban J connectivity index is 0. The van der Waals surface area contributed by atoms with E-state index in [9.17, 15) is 0 Å². The van der Waals surface area contributed by atoms with Crippen LogP contribution >= 0.6 is 112 Å². The molecule has 0 fully saturated rings. The van der Waals surface area contributed by atoms with Crippen LogP contribution in [0.5, 0.6) is 0 Å². The number of aromatic nitrogens is 2. The Hall–Kier alpha value is 4.14. The Bertz CT molecular complexity index is 351. The van der Waals surface area contributed by atoms with Crippen molar-refractivity contribution in [2.24, 2.45) is 0 Å². The van der Waals surface area contributed by atoms with E-state index in [1.807, 2.05) is 12.1 Å². The van der Waals surface area contributed by atoms with Crippen molar-refractivity contribution in [1.82, 2.24) is 0 Å². The van der Waals surface area contributed by atoms with Gasteiger partial charge < -0.3 is 0 Å². The van der Waals surface area contributed by atoms with E-state index >= 15 is 0 Å². The van der Waals surface area contributed by atoms with E-state index in [0.717, 1.165) is 0 Å². The first kappa shape index (κ1) is 26.4. The molecule has 0 radical (unpaired) electrons. The Kier molecular flexibility index (Phi) is 30.5. The van der Waals surface area contributed by atoms with Gasteiger partial charge >= 0.3 is 139 Å². The van der Waals surface area contributed by atoms with Gasteiger partial charge in [-0.3, -0.25) is 0 Å². The van der Waals surface area contributed by atoms with Crippen LogP contribution in [0, 0.1) is 0 Å². The molecule has 10 heteroatoms. The first-order chi connectivity index (χ1) is 9.86. The zero-order valence-corrected chi connectivity index (χ0v) is 27.0. The molecular formula is C10H10I8N2. The summed E-state index contributed by atoms with van der Waals surface area (Å²) in [5.74, 6) is 0. The van der Waals surface area contributed by atoms with Crippen molar-refractivity contribution in [1.29, 1.82) is 0 Å². The van der Waals surface area contributed by atoms with Gasteiger partial charge in [-0.25, -0.2) is 0 Å². The molecular weight excluding hydrogens is 1160 g/mol. The van der Waals surface area contributed by atoms with Gasteiger partial charge in [0.15, 0.2) is 0 Å². The predicted octanol–water partition coefficient (Wildman–Crippen LogP) is -0.105. The molecule has 2 nitrogen and oxygen atoms in total. The zero-order valence-electron chi connectivity index (χ0n) is 9.69. The van der Waals surface area contributed by atoms with Gasteiger partial charge in [-0.1, -0.05) is 0 Å². The van der Waals surface area contributed by atoms with Gasteiger partial charge in [0.25, 0.3) is 0 Å². The van der Waals surface area contributed by atoms with Gasteiger partial charge in [-0.05, 0) is 0 Å². The summed E-state index contributed by atoms with van der Waals surface area (Å²) in [4.78, 5) is 0. The normalized spacial score (nSPS) is 8.30. The number of pyridine rings is 2. The maximum atomic E-state index is 2.39. The summed E-state index contributed by atoms with van der Waals surface area (Å²) in [6, 6.07) is 12.3. The summed E-state index contributed by atoms with van der Waals surface area (Å²) in [5.41, 5.74) is 0. The quantitative estimate of drug-likeness (QED) is 0.372. The predicted molar refractivity (Wildman–Crippen MR) is 128 cm³/mol. The van der Waals surface area contributed by atoms with Gasteiger partial charge in [0, 0.05) is 74.5 Å². The third-order valence-electron chi connectivity index (χ3n) is 1.53. The van der Waals surface area contributed by atoms with E-state index in [1.165, 1.54) is 0 Å². The van der Waals surface area contributed by atoms with E-state index < -0.39 is 0 Å². The van der Waals surface area contributed by atoms with Crippen molar-refractivity contribution < 1.29 is 40.6 Å². The van der Waals surface area contributed by atoms with Gasteiger partial charge in [-0.2, -0.15) is 0 Å². The monoisotopic (exact) mass is 1170 g/mol. The topological polar surface area (TPSA) is 7.76 Å². The van der Waals surface area contributed by atoms with Crippen LogP contribution in [0.4, 0.5) is 0 Å². The van der Waals surface area contributed by atoms with Crippen LogP contribution in [0.1, 0.15) is 0 Å². The van der Waals surface area contributed by atoms with Crippen LogP contribution in [-0.2, 0) is 0 Å². The molecule has 0 saturated heterocycles. The molecule has 0 unspecified atom stereocenters. The number of nitrogens with zero attached hydrogens (tertiary/aromatic N) is 2. The summed E-state index contributed by atoms with van der Waals surface area (Å²) < 4.78 is 4.47. The summed E-state index contributed by atoms with van der Waals surface area (Å²) in [5, 5.41) is 0. The van der Waals surface area contributed by atoms with Gasteiger partial charge in [-0.15, -0.1) is 0 Å². The van der Waals surface area contributed by atoms with E-state index in [-0.39, 0.29) is 21.8 Å². The van der Waals surface area contributed by atoms with Crippen molar-refractivity contribution in [3.63, 3.8) is 0 Å². The van der Waals surface area contributed by atoms with Crippen LogP contribution < -0.4 is 40.6 Å². The Morgan fingerprint density at radius 3 is 1.05 bits per heavy atom. The molecule has 0 saturated carbocycles. The van der Waals surface area contributed by atoms with Gasteiger partial charge in [0.05, 0.1) is 0 Å². The molecule has 20 heavy (non-hydrogen) atoms. The van der Waals surface area contributed by atoms with Crippen molar-refractivity contribution in [2.75, 3.05) is 0 Å². The molecule has 0 N–H and O–H groups in total. The SMILES string of the molecule is II.II.I[I-]I.c1cc[n+]([I-][n+]2ccccc2)cc1. The molecule has 2 aromatic heterocycles. The molecule has 0 aliphatic heterocycles. The minimum absolute atomic E-state index is 0.138.